The second-order valence-electron chi connectivity index (χ2n) is 7.03. The molecule has 0 radical (unpaired) electrons. The van der Waals surface area contributed by atoms with Crippen molar-refractivity contribution >= 4 is 17.4 Å². The molecule has 4 aromatic rings. The van der Waals surface area contributed by atoms with Crippen molar-refractivity contribution < 1.29 is 14.4 Å². The first kappa shape index (κ1) is 20.5. The highest BCUT2D eigenvalue weighted by Gasteiger charge is 2.29. The first-order valence-electron chi connectivity index (χ1n) is 9.89. The molecule has 3 aromatic carbocycles. The monoisotopic (exact) mass is 457 g/mol. The molecule has 2 heterocycles. The van der Waals surface area contributed by atoms with Crippen LogP contribution in [0.4, 0.5) is 5.69 Å². The summed E-state index contributed by atoms with van der Waals surface area (Å²) in [6.45, 7) is 0.258. The van der Waals surface area contributed by atoms with Gasteiger partial charge in [-0.05, 0) is 42.1 Å². The number of non-ortho nitro benzene ring substituents is 1. The van der Waals surface area contributed by atoms with Gasteiger partial charge in [0.25, 0.3) is 5.69 Å². The third-order valence-electron chi connectivity index (χ3n) is 4.97. The zero-order valence-electron chi connectivity index (χ0n) is 17.0. The highest BCUT2D eigenvalue weighted by Crippen LogP contribution is 2.38. The van der Waals surface area contributed by atoms with Crippen LogP contribution in [0.25, 0.3) is 5.69 Å². The van der Waals surface area contributed by atoms with Gasteiger partial charge in [-0.1, -0.05) is 30.3 Å². The van der Waals surface area contributed by atoms with Crippen molar-refractivity contribution in [3.63, 3.8) is 0 Å². The maximum absolute atomic E-state index is 11.1. The fourth-order valence-electron chi connectivity index (χ4n) is 3.43. The van der Waals surface area contributed by atoms with E-state index in [0.29, 0.717) is 27.4 Å². The van der Waals surface area contributed by atoms with E-state index in [2.05, 4.69) is 10.2 Å². The maximum Gasteiger partial charge on any atom is 0.270 e. The number of fused-ring (bicyclic) bond motifs is 1. The molecule has 0 N–H and O–H groups in total. The molecule has 0 aliphatic carbocycles. The summed E-state index contributed by atoms with van der Waals surface area (Å²) < 4.78 is 13.8. The SMILES string of the molecule is N#Cc1cc([N+](=O)[O-])ccc1Sc1nnc([C@H]2COc3ccccc3O2)n1-c1ccccc1. The highest BCUT2D eigenvalue weighted by molar-refractivity contribution is 7.99. The van der Waals surface area contributed by atoms with Crippen molar-refractivity contribution in [2.45, 2.75) is 16.2 Å². The number of nitrogens with zero attached hydrogens (tertiary/aromatic N) is 5. The lowest BCUT2D eigenvalue weighted by Gasteiger charge is -2.26. The number of nitro groups is 1. The van der Waals surface area contributed by atoms with Crippen molar-refractivity contribution in [3.8, 4) is 23.3 Å². The third-order valence-corrected chi connectivity index (χ3v) is 5.99. The molecule has 10 heteroatoms. The molecule has 5 rings (SSSR count). The Hall–Kier alpha value is -4.36. The van der Waals surface area contributed by atoms with Crippen LogP contribution in [-0.4, -0.2) is 26.3 Å². The standard InChI is InChI=1S/C23H15N5O4S/c24-13-15-12-17(28(29)30)10-11-21(15)33-23-26-25-22(27(23)16-6-2-1-3-7-16)20-14-31-18-8-4-5-9-19(18)32-20/h1-12,20H,14H2/t20-/m1/s1. The normalized spacial score (nSPS) is 14.5. The molecule has 0 unspecified atom stereocenters. The molecule has 0 amide bonds. The predicted molar refractivity (Wildman–Crippen MR) is 119 cm³/mol. The minimum absolute atomic E-state index is 0.146. The Labute approximate surface area is 192 Å². The molecule has 162 valence electrons. The number of rotatable bonds is 5. The quantitative estimate of drug-likeness (QED) is 0.312. The summed E-state index contributed by atoms with van der Waals surface area (Å²) in [5.41, 5.74) is 0.847. The minimum Gasteiger partial charge on any atom is -0.485 e. The number of nitriles is 1. The molecule has 0 spiro atoms. The summed E-state index contributed by atoms with van der Waals surface area (Å²) in [5, 5.41) is 29.8. The Morgan fingerprint density at radius 3 is 2.58 bits per heavy atom. The van der Waals surface area contributed by atoms with Gasteiger partial charge in [0.05, 0.1) is 10.5 Å². The fourth-order valence-corrected chi connectivity index (χ4v) is 4.35. The van der Waals surface area contributed by atoms with Gasteiger partial charge in [-0.15, -0.1) is 10.2 Å². The lowest BCUT2D eigenvalue weighted by Crippen LogP contribution is -2.24. The van der Waals surface area contributed by atoms with E-state index >= 15 is 0 Å². The lowest BCUT2D eigenvalue weighted by atomic mass is 10.2. The number of ether oxygens (including phenoxy) is 2. The topological polar surface area (TPSA) is 116 Å². The molecule has 9 nitrogen and oxygen atoms in total. The van der Waals surface area contributed by atoms with Crippen LogP contribution in [0.3, 0.4) is 0 Å². The summed E-state index contributed by atoms with van der Waals surface area (Å²) in [4.78, 5) is 11.1. The summed E-state index contributed by atoms with van der Waals surface area (Å²) in [5.74, 6) is 1.82. The molecule has 1 aliphatic heterocycles. The average molecular weight is 457 g/mol. The molecule has 0 fully saturated rings. The lowest BCUT2D eigenvalue weighted by molar-refractivity contribution is -0.384. The number of para-hydroxylation sites is 3. The molecular formula is C23H15N5O4S. The van der Waals surface area contributed by atoms with Gasteiger partial charge < -0.3 is 9.47 Å². The summed E-state index contributed by atoms with van der Waals surface area (Å²) in [7, 11) is 0. The Morgan fingerprint density at radius 1 is 1.06 bits per heavy atom. The van der Waals surface area contributed by atoms with E-state index < -0.39 is 11.0 Å². The Bertz CT molecular complexity index is 1380. The Balaban J connectivity index is 1.55. The molecule has 33 heavy (non-hydrogen) atoms. The first-order chi connectivity index (χ1) is 16.1. The number of hydrogen-bond donors (Lipinski definition) is 0. The number of benzene rings is 3. The van der Waals surface area contributed by atoms with Crippen LogP contribution >= 0.6 is 11.8 Å². The highest BCUT2D eigenvalue weighted by atomic mass is 32.2. The largest absolute Gasteiger partial charge is 0.485 e. The van der Waals surface area contributed by atoms with E-state index in [1.807, 2.05) is 65.2 Å². The maximum atomic E-state index is 11.1. The summed E-state index contributed by atoms with van der Waals surface area (Å²) in [6.07, 6.45) is -0.505. The van der Waals surface area contributed by atoms with Gasteiger partial charge in [0, 0.05) is 22.7 Å². The summed E-state index contributed by atoms with van der Waals surface area (Å²) in [6, 6.07) is 23.1. The molecule has 1 aliphatic rings. The molecule has 0 saturated carbocycles. The van der Waals surface area contributed by atoms with Crippen molar-refractivity contribution in [3.05, 3.63) is 94.3 Å². The van der Waals surface area contributed by atoms with Crippen LogP contribution in [0.1, 0.15) is 17.5 Å². The molecule has 1 aromatic heterocycles. The van der Waals surface area contributed by atoms with Gasteiger partial charge >= 0.3 is 0 Å². The average Bonchev–Trinajstić information content (AvgIpc) is 3.28. The number of aromatic nitrogens is 3. The second-order valence-corrected chi connectivity index (χ2v) is 8.04. The van der Waals surface area contributed by atoms with E-state index in [1.165, 1.54) is 23.9 Å². The van der Waals surface area contributed by atoms with Gasteiger partial charge in [0.2, 0.25) is 5.16 Å². The van der Waals surface area contributed by atoms with Gasteiger partial charge in [-0.25, -0.2) is 0 Å². The predicted octanol–water partition coefficient (Wildman–Crippen LogP) is 4.71. The van der Waals surface area contributed by atoms with Crippen molar-refractivity contribution in [1.82, 2.24) is 14.8 Å². The van der Waals surface area contributed by atoms with Crippen molar-refractivity contribution in [1.29, 1.82) is 5.26 Å². The van der Waals surface area contributed by atoms with E-state index in [1.54, 1.807) is 6.07 Å². The fraction of sp³-hybridized carbons (Fsp3) is 0.0870. The van der Waals surface area contributed by atoms with Gasteiger partial charge in [0.1, 0.15) is 12.7 Å². The van der Waals surface area contributed by atoms with Crippen LogP contribution in [-0.2, 0) is 0 Å². The smallest absolute Gasteiger partial charge is 0.270 e. The van der Waals surface area contributed by atoms with Gasteiger partial charge in [0.15, 0.2) is 23.4 Å². The van der Waals surface area contributed by atoms with Crippen LogP contribution < -0.4 is 9.47 Å². The van der Waals surface area contributed by atoms with Crippen molar-refractivity contribution in [2.24, 2.45) is 0 Å². The zero-order chi connectivity index (χ0) is 22.8. The molecule has 1 atom stereocenters. The first-order valence-corrected chi connectivity index (χ1v) is 10.7. The third kappa shape index (κ3) is 3.97. The van der Waals surface area contributed by atoms with Crippen LogP contribution in [0, 0.1) is 21.4 Å². The number of hydrogen-bond acceptors (Lipinski definition) is 8. The van der Waals surface area contributed by atoms with Crippen LogP contribution in [0.5, 0.6) is 11.5 Å². The minimum atomic E-state index is -0.530. The van der Waals surface area contributed by atoms with E-state index in [0.717, 1.165) is 5.69 Å². The summed E-state index contributed by atoms with van der Waals surface area (Å²) >= 11 is 1.20. The molecule has 0 bridgehead atoms. The Kier molecular flexibility index (Phi) is 5.38. The van der Waals surface area contributed by atoms with E-state index in [-0.39, 0.29) is 17.9 Å². The zero-order valence-corrected chi connectivity index (χ0v) is 17.8. The molecular weight excluding hydrogens is 442 g/mol. The number of nitro benzene ring substituents is 1. The van der Waals surface area contributed by atoms with E-state index in [9.17, 15) is 15.4 Å². The van der Waals surface area contributed by atoms with E-state index in [4.69, 9.17) is 9.47 Å². The Morgan fingerprint density at radius 2 is 1.82 bits per heavy atom. The second kappa shape index (κ2) is 8.64. The van der Waals surface area contributed by atoms with Gasteiger partial charge in [-0.3, -0.25) is 14.7 Å². The van der Waals surface area contributed by atoms with Crippen molar-refractivity contribution in [2.75, 3.05) is 6.61 Å². The van der Waals surface area contributed by atoms with Crippen LogP contribution in [0.15, 0.2) is 82.8 Å². The van der Waals surface area contributed by atoms with Gasteiger partial charge in [-0.2, -0.15) is 5.26 Å². The molecule has 0 saturated heterocycles. The van der Waals surface area contributed by atoms with Crippen LogP contribution in [0.2, 0.25) is 0 Å².